The zero-order valence-corrected chi connectivity index (χ0v) is 12.2. The van der Waals surface area contributed by atoms with Crippen molar-refractivity contribution in [1.29, 1.82) is 0 Å². The summed E-state index contributed by atoms with van der Waals surface area (Å²) in [5, 5.41) is 9.42. The van der Waals surface area contributed by atoms with E-state index in [1.165, 1.54) is 32.1 Å². The van der Waals surface area contributed by atoms with E-state index in [2.05, 4.69) is 17.1 Å². The number of pyridine rings is 1. The van der Waals surface area contributed by atoms with E-state index in [1.54, 1.807) is 0 Å². The summed E-state index contributed by atoms with van der Waals surface area (Å²) in [5.74, 6) is -0.833. The Kier molecular flexibility index (Phi) is 7.93. The van der Waals surface area contributed by atoms with Crippen LogP contribution in [0.5, 0.6) is 0 Å². The van der Waals surface area contributed by atoms with Crippen LogP contribution in [0.25, 0.3) is 0 Å². The van der Waals surface area contributed by atoms with Gasteiger partial charge in [-0.1, -0.05) is 36.1 Å². The molecule has 1 fully saturated rings. The normalized spacial score (nSPS) is 15.6. The van der Waals surface area contributed by atoms with E-state index >= 15 is 0 Å². The Hall–Kier alpha value is -0.680. The lowest BCUT2D eigenvalue weighted by molar-refractivity contribution is -0.134. The molecule has 0 radical (unpaired) electrons. The molecule has 0 amide bonds. The minimum Gasteiger partial charge on any atom is -0.481 e. The molecule has 1 saturated carbocycles. The molecule has 1 aliphatic rings. The summed E-state index contributed by atoms with van der Waals surface area (Å²) >= 11 is 0. The number of carboxylic acids is 1. The fraction of sp³-hybridized carbons (Fsp3) is 0.538. The van der Waals surface area contributed by atoms with Crippen LogP contribution in [0.1, 0.15) is 39.0 Å². The predicted molar refractivity (Wildman–Crippen MR) is 77.9 cm³/mol. The van der Waals surface area contributed by atoms with Gasteiger partial charge in [0.05, 0.1) is 0 Å². The minimum absolute atomic E-state index is 0.833. The first-order chi connectivity index (χ1) is 8.68. The third kappa shape index (κ3) is 7.61. The number of nitrogens with zero attached hydrogens (tertiary/aromatic N) is 1. The van der Waals surface area contributed by atoms with Crippen molar-refractivity contribution in [3.63, 3.8) is 0 Å². The van der Waals surface area contributed by atoms with Crippen LogP contribution in [0.3, 0.4) is 0 Å². The number of carboxylic acid groups (broad SMARTS) is 1. The quantitative estimate of drug-likeness (QED) is 0.842. The molecular weight excluding hydrogens is 266 g/mol. The van der Waals surface area contributed by atoms with Gasteiger partial charge >= 0.3 is 0 Å². The first-order valence-corrected chi connectivity index (χ1v) is 8.33. The number of hydrogen-bond acceptors (Lipinski definition) is 4. The summed E-state index contributed by atoms with van der Waals surface area (Å²) in [6.07, 6.45) is 8.92. The zero-order chi connectivity index (χ0) is 13.2. The minimum atomic E-state index is -0.833. The molecule has 1 aliphatic carbocycles. The van der Waals surface area contributed by atoms with Crippen molar-refractivity contribution in [2.75, 3.05) is 0 Å². The molecule has 0 atom stereocenters. The standard InChI is InChI=1S/C11H15NS2.C2H4O2/c1-2-6-10(7-3-1)13-14-11-8-4-5-9-12-11;1-2(3)4/h4-5,8-10H,1-3,6-7H2;1H3,(H,3,4). The summed E-state index contributed by atoms with van der Waals surface area (Å²) in [4.78, 5) is 13.3. The molecular formula is C13H19NO2S2. The second-order valence-corrected chi connectivity index (χ2v) is 6.65. The Morgan fingerprint density at radius 2 is 2.00 bits per heavy atom. The average Bonchev–Trinajstić information content (AvgIpc) is 2.38. The Morgan fingerprint density at radius 1 is 1.33 bits per heavy atom. The van der Waals surface area contributed by atoms with E-state index in [0.29, 0.717) is 0 Å². The van der Waals surface area contributed by atoms with Crippen molar-refractivity contribution >= 4 is 27.6 Å². The van der Waals surface area contributed by atoms with Crippen molar-refractivity contribution in [2.24, 2.45) is 0 Å². The number of aromatic nitrogens is 1. The van der Waals surface area contributed by atoms with Crippen LogP contribution in [0.15, 0.2) is 29.4 Å². The Morgan fingerprint density at radius 3 is 2.56 bits per heavy atom. The molecule has 1 heterocycles. The molecule has 0 aliphatic heterocycles. The van der Waals surface area contributed by atoms with Crippen LogP contribution >= 0.6 is 21.6 Å². The molecule has 0 saturated heterocycles. The largest absolute Gasteiger partial charge is 0.481 e. The lowest BCUT2D eigenvalue weighted by Gasteiger charge is -2.19. The fourth-order valence-corrected chi connectivity index (χ4v) is 4.25. The van der Waals surface area contributed by atoms with Gasteiger partial charge in [-0.05, 0) is 35.8 Å². The number of hydrogen-bond donors (Lipinski definition) is 1. The lowest BCUT2D eigenvalue weighted by Crippen LogP contribution is -2.06. The molecule has 1 N–H and O–H groups in total. The van der Waals surface area contributed by atoms with Gasteiger partial charge in [0.2, 0.25) is 0 Å². The summed E-state index contributed by atoms with van der Waals surface area (Å²) in [7, 11) is 3.84. The summed E-state index contributed by atoms with van der Waals surface area (Å²) < 4.78 is 0. The number of aliphatic carboxylic acids is 1. The van der Waals surface area contributed by atoms with E-state index in [9.17, 15) is 0 Å². The molecule has 0 spiro atoms. The molecule has 2 rings (SSSR count). The van der Waals surface area contributed by atoms with Crippen molar-refractivity contribution < 1.29 is 9.90 Å². The van der Waals surface area contributed by atoms with Crippen LogP contribution in [0, 0.1) is 0 Å². The van der Waals surface area contributed by atoms with Crippen molar-refractivity contribution in [3.05, 3.63) is 24.4 Å². The second kappa shape index (κ2) is 9.28. The van der Waals surface area contributed by atoms with Crippen LogP contribution in [-0.2, 0) is 4.79 Å². The molecule has 1 aromatic rings. The number of rotatable bonds is 3. The summed E-state index contributed by atoms with van der Waals surface area (Å²) in [6.45, 7) is 1.08. The Balaban J connectivity index is 0.000000357. The van der Waals surface area contributed by atoms with Crippen LogP contribution < -0.4 is 0 Å². The average molecular weight is 285 g/mol. The van der Waals surface area contributed by atoms with Gasteiger partial charge in [-0.3, -0.25) is 4.79 Å². The smallest absolute Gasteiger partial charge is 0.300 e. The van der Waals surface area contributed by atoms with E-state index in [4.69, 9.17) is 9.90 Å². The van der Waals surface area contributed by atoms with Crippen molar-refractivity contribution in [1.82, 2.24) is 4.98 Å². The highest BCUT2D eigenvalue weighted by atomic mass is 33.1. The van der Waals surface area contributed by atoms with Crippen molar-refractivity contribution in [3.8, 4) is 0 Å². The third-order valence-electron chi connectivity index (χ3n) is 2.46. The van der Waals surface area contributed by atoms with Gasteiger partial charge in [0.15, 0.2) is 0 Å². The topological polar surface area (TPSA) is 50.2 Å². The molecule has 5 heteroatoms. The van der Waals surface area contributed by atoms with E-state index in [1.807, 2.05) is 33.9 Å². The fourth-order valence-electron chi connectivity index (χ4n) is 1.68. The second-order valence-electron chi connectivity index (χ2n) is 4.13. The first-order valence-electron chi connectivity index (χ1n) is 6.12. The molecule has 0 unspecified atom stereocenters. The molecule has 100 valence electrons. The molecule has 0 aromatic carbocycles. The lowest BCUT2D eigenvalue weighted by atomic mass is 10.0. The highest BCUT2D eigenvalue weighted by molar-refractivity contribution is 8.76. The number of carbonyl (C=O) groups is 1. The van der Waals surface area contributed by atoms with E-state index in [0.717, 1.165) is 17.2 Å². The molecule has 18 heavy (non-hydrogen) atoms. The first kappa shape index (κ1) is 15.4. The van der Waals surface area contributed by atoms with Gasteiger partial charge in [-0.25, -0.2) is 4.98 Å². The third-order valence-corrected chi connectivity index (χ3v) is 5.33. The van der Waals surface area contributed by atoms with Gasteiger partial charge in [0.1, 0.15) is 5.03 Å². The van der Waals surface area contributed by atoms with Gasteiger partial charge < -0.3 is 5.11 Å². The maximum atomic E-state index is 9.00. The molecule has 1 aromatic heterocycles. The van der Waals surface area contributed by atoms with Gasteiger partial charge in [0.25, 0.3) is 5.97 Å². The van der Waals surface area contributed by atoms with Gasteiger partial charge in [0, 0.05) is 18.4 Å². The van der Waals surface area contributed by atoms with Crippen LogP contribution in [0.4, 0.5) is 0 Å². The van der Waals surface area contributed by atoms with Gasteiger partial charge in [-0.2, -0.15) is 0 Å². The Labute approximate surface area is 116 Å². The Bertz CT molecular complexity index is 336. The maximum Gasteiger partial charge on any atom is 0.300 e. The predicted octanol–water partition coefficient (Wildman–Crippen LogP) is 4.25. The monoisotopic (exact) mass is 285 g/mol. The van der Waals surface area contributed by atoms with Crippen molar-refractivity contribution in [2.45, 2.75) is 49.3 Å². The van der Waals surface area contributed by atoms with Gasteiger partial charge in [-0.15, -0.1) is 0 Å². The van der Waals surface area contributed by atoms with Crippen LogP contribution in [-0.4, -0.2) is 21.3 Å². The van der Waals surface area contributed by atoms with E-state index in [-0.39, 0.29) is 0 Å². The highest BCUT2D eigenvalue weighted by Gasteiger charge is 2.14. The summed E-state index contributed by atoms with van der Waals surface area (Å²) in [5.41, 5.74) is 0. The molecule has 0 bridgehead atoms. The molecule has 3 nitrogen and oxygen atoms in total. The maximum absolute atomic E-state index is 9.00. The van der Waals surface area contributed by atoms with E-state index < -0.39 is 5.97 Å². The highest BCUT2D eigenvalue weighted by Crippen LogP contribution is 2.39. The summed E-state index contributed by atoms with van der Waals surface area (Å²) in [6, 6.07) is 6.10. The van der Waals surface area contributed by atoms with Crippen LogP contribution in [0.2, 0.25) is 0 Å². The SMILES string of the molecule is CC(=O)O.c1ccc(SSC2CCCCC2)nc1. The zero-order valence-electron chi connectivity index (χ0n) is 10.5.